The molecule has 104 valence electrons. The zero-order valence-corrected chi connectivity index (χ0v) is 10.8. The van der Waals surface area contributed by atoms with Gasteiger partial charge in [0.25, 0.3) is 5.69 Å². The van der Waals surface area contributed by atoms with Crippen LogP contribution >= 0.6 is 0 Å². The highest BCUT2D eigenvalue weighted by molar-refractivity contribution is 5.81. The number of para-hydroxylation sites is 1. The van der Waals surface area contributed by atoms with Crippen LogP contribution in [0.25, 0.3) is 0 Å². The first kappa shape index (κ1) is 15.7. The van der Waals surface area contributed by atoms with Gasteiger partial charge in [-0.3, -0.25) is 19.7 Å². The molecular weight excluding hydrogens is 272 g/mol. The average Bonchev–Trinajstić information content (AvgIpc) is 2.55. The Morgan fingerprint density at radius 1 is 1.00 bits per heavy atom. The Labute approximate surface area is 120 Å². The van der Waals surface area contributed by atoms with Crippen LogP contribution in [-0.2, 0) is 0 Å². The number of rotatable bonds is 3. The number of nitro groups is 1. The third kappa shape index (κ3) is 4.69. The Bertz CT molecular complexity index is 688. The Morgan fingerprint density at radius 2 is 1.62 bits per heavy atom. The van der Waals surface area contributed by atoms with Crippen molar-refractivity contribution in [1.29, 1.82) is 5.26 Å². The summed E-state index contributed by atoms with van der Waals surface area (Å²) in [6, 6.07) is 14.2. The number of nitriles is 1. The van der Waals surface area contributed by atoms with Gasteiger partial charge in [-0.25, -0.2) is 0 Å². The fourth-order valence-electron chi connectivity index (χ4n) is 1.39. The third-order valence-electron chi connectivity index (χ3n) is 2.44. The summed E-state index contributed by atoms with van der Waals surface area (Å²) in [5.74, 6) is 0. The largest absolute Gasteiger partial charge is 0.298 e. The molecular formula is C15H10N2O4. The zero-order chi connectivity index (χ0) is 15.7. The first-order valence-corrected chi connectivity index (χ1v) is 5.76. The maximum Gasteiger partial charge on any atom is 0.279 e. The molecule has 0 fully saturated rings. The maximum absolute atomic E-state index is 10.2. The van der Waals surface area contributed by atoms with Gasteiger partial charge in [-0.2, -0.15) is 5.26 Å². The van der Waals surface area contributed by atoms with Gasteiger partial charge in [0.15, 0.2) is 6.29 Å². The highest BCUT2D eigenvalue weighted by Crippen LogP contribution is 2.14. The lowest BCUT2D eigenvalue weighted by Crippen LogP contribution is -1.92. The topological polar surface area (TPSA) is 101 Å². The quantitative estimate of drug-likeness (QED) is 0.489. The zero-order valence-electron chi connectivity index (χ0n) is 10.8. The number of nitrogens with zero attached hydrogens (tertiary/aromatic N) is 2. The summed E-state index contributed by atoms with van der Waals surface area (Å²) in [7, 11) is 0. The second-order valence-electron chi connectivity index (χ2n) is 3.79. The van der Waals surface area contributed by atoms with Crippen molar-refractivity contribution in [3.05, 3.63) is 75.3 Å². The molecule has 0 aliphatic carbocycles. The third-order valence-corrected chi connectivity index (χ3v) is 2.44. The van der Waals surface area contributed by atoms with E-state index in [1.165, 1.54) is 18.2 Å². The number of benzene rings is 2. The van der Waals surface area contributed by atoms with Crippen molar-refractivity contribution in [1.82, 2.24) is 0 Å². The fraction of sp³-hybridized carbons (Fsp3) is 0. The van der Waals surface area contributed by atoms with E-state index >= 15 is 0 Å². The van der Waals surface area contributed by atoms with Gasteiger partial charge in [0.2, 0.25) is 0 Å². The number of aldehydes is 2. The van der Waals surface area contributed by atoms with Crippen LogP contribution in [-0.4, -0.2) is 17.5 Å². The molecule has 0 radical (unpaired) electrons. The molecule has 0 aliphatic heterocycles. The summed E-state index contributed by atoms with van der Waals surface area (Å²) in [6.07, 6.45) is 1.22. The minimum absolute atomic E-state index is 0.109. The molecule has 0 spiro atoms. The van der Waals surface area contributed by atoms with Gasteiger partial charge in [0.05, 0.1) is 22.1 Å². The van der Waals surface area contributed by atoms with Crippen molar-refractivity contribution in [3.63, 3.8) is 0 Å². The number of carbonyl (C=O) groups is 2. The highest BCUT2D eigenvalue weighted by Gasteiger charge is 2.09. The first-order valence-electron chi connectivity index (χ1n) is 5.76. The van der Waals surface area contributed by atoms with E-state index in [-0.39, 0.29) is 11.3 Å². The van der Waals surface area contributed by atoms with Gasteiger partial charge in [-0.1, -0.05) is 24.3 Å². The van der Waals surface area contributed by atoms with Gasteiger partial charge < -0.3 is 0 Å². The lowest BCUT2D eigenvalue weighted by atomic mass is 10.2. The molecule has 6 heteroatoms. The monoisotopic (exact) mass is 282 g/mol. The lowest BCUT2D eigenvalue weighted by molar-refractivity contribution is -0.385. The van der Waals surface area contributed by atoms with E-state index in [0.717, 1.165) is 6.29 Å². The van der Waals surface area contributed by atoms with E-state index in [0.29, 0.717) is 17.4 Å². The van der Waals surface area contributed by atoms with Crippen molar-refractivity contribution in [2.24, 2.45) is 0 Å². The van der Waals surface area contributed by atoms with Crippen molar-refractivity contribution >= 4 is 18.3 Å². The molecule has 0 aliphatic rings. The molecule has 0 heterocycles. The molecule has 6 nitrogen and oxygen atoms in total. The van der Waals surface area contributed by atoms with E-state index in [1.54, 1.807) is 30.3 Å². The fourth-order valence-corrected chi connectivity index (χ4v) is 1.39. The number of hydrogen-bond donors (Lipinski definition) is 0. The smallest absolute Gasteiger partial charge is 0.279 e. The molecule has 0 aromatic heterocycles. The van der Waals surface area contributed by atoms with Crippen LogP contribution in [0.1, 0.15) is 26.3 Å². The molecule has 2 rings (SSSR count). The number of nitro benzene ring substituents is 1. The summed E-state index contributed by atoms with van der Waals surface area (Å²) >= 11 is 0. The Hall–Kier alpha value is -3.33. The lowest BCUT2D eigenvalue weighted by Gasteiger charge is -1.91. The van der Waals surface area contributed by atoms with Crippen molar-refractivity contribution in [2.75, 3.05) is 0 Å². The van der Waals surface area contributed by atoms with Crippen molar-refractivity contribution in [2.45, 2.75) is 0 Å². The molecule has 2 aromatic rings. The van der Waals surface area contributed by atoms with Crippen LogP contribution < -0.4 is 0 Å². The molecule has 0 atom stereocenters. The second kappa shape index (κ2) is 7.96. The van der Waals surface area contributed by atoms with Crippen molar-refractivity contribution in [3.8, 4) is 6.07 Å². The summed E-state index contributed by atoms with van der Waals surface area (Å²) in [6.45, 7) is 0. The Kier molecular flexibility index (Phi) is 5.96. The van der Waals surface area contributed by atoms with Gasteiger partial charge >= 0.3 is 0 Å². The summed E-state index contributed by atoms with van der Waals surface area (Å²) in [5, 5.41) is 18.6. The van der Waals surface area contributed by atoms with Crippen LogP contribution in [0.2, 0.25) is 0 Å². The summed E-state index contributed by atoms with van der Waals surface area (Å²) < 4.78 is 0. The SMILES string of the molecule is N#Cc1ccc(C=O)cc1.O=Cc1ccccc1[N+](=O)[O-]. The molecule has 2 aromatic carbocycles. The normalized spacial score (nSPS) is 8.71. The second-order valence-corrected chi connectivity index (χ2v) is 3.79. The first-order chi connectivity index (χ1) is 10.1. The standard InChI is InChI=1S/C8H5NO.C7H5NO3/c9-5-7-1-3-8(6-10)4-2-7;9-5-6-3-1-2-4-7(6)8(10)11/h1-4,6H;1-5H. The van der Waals surface area contributed by atoms with E-state index in [4.69, 9.17) is 5.26 Å². The summed E-state index contributed by atoms with van der Waals surface area (Å²) in [4.78, 5) is 30.0. The van der Waals surface area contributed by atoms with Crippen LogP contribution in [0, 0.1) is 21.4 Å². The van der Waals surface area contributed by atoms with Gasteiger partial charge in [0, 0.05) is 11.6 Å². The highest BCUT2D eigenvalue weighted by atomic mass is 16.6. The summed E-state index contributed by atoms with van der Waals surface area (Å²) in [5.41, 5.74) is 1.13. The van der Waals surface area contributed by atoms with Crippen molar-refractivity contribution < 1.29 is 14.5 Å². The molecule has 0 bridgehead atoms. The number of hydrogen-bond acceptors (Lipinski definition) is 5. The molecule has 0 N–H and O–H groups in total. The van der Waals surface area contributed by atoms with Gasteiger partial charge in [0.1, 0.15) is 6.29 Å². The maximum atomic E-state index is 10.2. The van der Waals surface area contributed by atoms with Crippen LogP contribution in [0.4, 0.5) is 5.69 Å². The number of carbonyl (C=O) groups excluding carboxylic acids is 2. The molecule has 0 amide bonds. The van der Waals surface area contributed by atoms with Crippen LogP contribution in [0.15, 0.2) is 48.5 Å². The predicted octanol–water partition coefficient (Wildman–Crippen LogP) is 2.78. The predicted molar refractivity (Wildman–Crippen MR) is 75.0 cm³/mol. The molecule has 21 heavy (non-hydrogen) atoms. The van der Waals surface area contributed by atoms with Gasteiger partial charge in [-0.15, -0.1) is 0 Å². The average molecular weight is 282 g/mol. The Balaban J connectivity index is 0.000000211. The molecule has 0 unspecified atom stereocenters. The van der Waals surface area contributed by atoms with Crippen LogP contribution in [0.5, 0.6) is 0 Å². The molecule has 0 saturated heterocycles. The minimum atomic E-state index is -0.580. The van der Waals surface area contributed by atoms with E-state index < -0.39 is 4.92 Å². The van der Waals surface area contributed by atoms with Crippen LogP contribution in [0.3, 0.4) is 0 Å². The van der Waals surface area contributed by atoms with E-state index in [2.05, 4.69) is 0 Å². The van der Waals surface area contributed by atoms with Gasteiger partial charge in [-0.05, 0) is 18.2 Å². The Morgan fingerprint density at radius 3 is 2.05 bits per heavy atom. The minimum Gasteiger partial charge on any atom is -0.298 e. The van der Waals surface area contributed by atoms with E-state index in [9.17, 15) is 19.7 Å². The molecule has 0 saturated carbocycles. The van der Waals surface area contributed by atoms with E-state index in [1.807, 2.05) is 6.07 Å².